The molecule has 4 nitrogen and oxygen atoms in total. The Morgan fingerprint density at radius 1 is 0.375 bits per heavy atom. The van der Waals surface area contributed by atoms with E-state index < -0.39 is 0 Å². The second kappa shape index (κ2) is 6.22. The Bertz CT molecular complexity index is 349. The molecule has 24 heavy (non-hydrogen) atoms. The zero-order chi connectivity index (χ0) is 19.5. The Kier molecular flexibility index (Phi) is 5.67. The standard InChI is InChI=1S/C20H44N4/c1-15-21(17(3,4)5)23(19(9,10)11)16(2)24(20(12,13)14)22(15)18(6,7)8/h15-16H,1-14H3. The van der Waals surface area contributed by atoms with Gasteiger partial charge in [0.2, 0.25) is 0 Å². The van der Waals surface area contributed by atoms with E-state index >= 15 is 0 Å². The summed E-state index contributed by atoms with van der Waals surface area (Å²) in [6.07, 6.45) is 0.555. The number of rotatable bonds is 0. The van der Waals surface area contributed by atoms with Gasteiger partial charge >= 0.3 is 0 Å². The normalized spacial score (nSPS) is 27.8. The van der Waals surface area contributed by atoms with Gasteiger partial charge in [-0.15, -0.1) is 0 Å². The van der Waals surface area contributed by atoms with Crippen molar-refractivity contribution in [3.63, 3.8) is 0 Å². The van der Waals surface area contributed by atoms with Crippen LogP contribution in [0.4, 0.5) is 0 Å². The average molecular weight is 341 g/mol. The summed E-state index contributed by atoms with van der Waals surface area (Å²) in [5.74, 6) is 0. The molecule has 0 aromatic heterocycles. The van der Waals surface area contributed by atoms with E-state index in [2.05, 4.69) is 117 Å². The quantitative estimate of drug-likeness (QED) is 0.620. The summed E-state index contributed by atoms with van der Waals surface area (Å²) in [7, 11) is 0. The highest BCUT2D eigenvalue weighted by Gasteiger charge is 2.54. The van der Waals surface area contributed by atoms with E-state index in [1.165, 1.54) is 0 Å². The third-order valence-corrected chi connectivity index (χ3v) is 4.63. The lowest BCUT2D eigenvalue weighted by molar-refractivity contribution is -0.371. The summed E-state index contributed by atoms with van der Waals surface area (Å²) in [4.78, 5) is 0. The molecule has 0 aromatic carbocycles. The Hall–Kier alpha value is -0.160. The van der Waals surface area contributed by atoms with Crippen LogP contribution < -0.4 is 0 Å². The predicted octanol–water partition coefficient (Wildman–Crippen LogP) is 4.92. The van der Waals surface area contributed by atoms with Gasteiger partial charge in [-0.3, -0.25) is 0 Å². The van der Waals surface area contributed by atoms with Gasteiger partial charge in [-0.2, -0.15) is 0 Å². The van der Waals surface area contributed by atoms with E-state index in [4.69, 9.17) is 0 Å². The summed E-state index contributed by atoms with van der Waals surface area (Å²) in [5.41, 5.74) is 0.200. The highest BCUT2D eigenvalue weighted by atomic mass is 15.9. The topological polar surface area (TPSA) is 13.0 Å². The molecular weight excluding hydrogens is 296 g/mol. The molecule has 1 rings (SSSR count). The maximum absolute atomic E-state index is 2.59. The molecule has 0 aromatic rings. The lowest BCUT2D eigenvalue weighted by atomic mass is 9.97. The van der Waals surface area contributed by atoms with Crippen LogP contribution in [-0.2, 0) is 0 Å². The van der Waals surface area contributed by atoms with Crippen LogP contribution in [0.15, 0.2) is 0 Å². The van der Waals surface area contributed by atoms with Crippen molar-refractivity contribution in [3.05, 3.63) is 0 Å². The van der Waals surface area contributed by atoms with Crippen molar-refractivity contribution in [2.24, 2.45) is 0 Å². The van der Waals surface area contributed by atoms with Crippen molar-refractivity contribution in [2.45, 2.75) is 131 Å². The van der Waals surface area contributed by atoms with Gasteiger partial charge in [-0.05, 0) is 96.9 Å². The molecular formula is C20H44N4. The van der Waals surface area contributed by atoms with Gasteiger partial charge in [0.25, 0.3) is 0 Å². The van der Waals surface area contributed by atoms with Crippen LogP contribution in [0.3, 0.4) is 0 Å². The van der Waals surface area contributed by atoms with Crippen molar-refractivity contribution < 1.29 is 0 Å². The molecule has 0 N–H and O–H groups in total. The SMILES string of the molecule is CC1N(C(C)(C)C)N(C(C)(C)C)C(C)N(C(C)(C)C)N1C(C)(C)C. The smallest absolute Gasteiger partial charge is 0.0878 e. The molecule has 1 aliphatic heterocycles. The molecule has 0 radical (unpaired) electrons. The van der Waals surface area contributed by atoms with E-state index in [1.54, 1.807) is 0 Å². The third-order valence-electron chi connectivity index (χ3n) is 4.63. The lowest BCUT2D eigenvalue weighted by Gasteiger charge is -2.68. The second-order valence-corrected chi connectivity index (χ2v) is 11.3. The maximum atomic E-state index is 2.59. The van der Waals surface area contributed by atoms with Gasteiger partial charge in [-0.25, -0.2) is 20.0 Å². The summed E-state index contributed by atoms with van der Waals surface area (Å²) < 4.78 is 0. The highest BCUT2D eigenvalue weighted by Crippen LogP contribution is 2.41. The minimum absolute atomic E-state index is 0.0500. The summed E-state index contributed by atoms with van der Waals surface area (Å²) in [6.45, 7) is 32.6. The zero-order valence-electron chi connectivity index (χ0n) is 18.9. The number of nitrogens with zero attached hydrogens (tertiary/aromatic N) is 4. The number of hydrogen-bond acceptors (Lipinski definition) is 4. The van der Waals surface area contributed by atoms with Crippen LogP contribution in [0.1, 0.15) is 96.9 Å². The van der Waals surface area contributed by atoms with Gasteiger partial charge in [0.1, 0.15) is 0 Å². The van der Waals surface area contributed by atoms with E-state index in [-0.39, 0.29) is 34.5 Å². The first kappa shape index (κ1) is 21.9. The van der Waals surface area contributed by atoms with E-state index in [0.717, 1.165) is 0 Å². The Morgan fingerprint density at radius 3 is 0.583 bits per heavy atom. The molecule has 1 fully saturated rings. The van der Waals surface area contributed by atoms with E-state index in [9.17, 15) is 0 Å². The first-order chi connectivity index (χ1) is 10.3. The van der Waals surface area contributed by atoms with Crippen LogP contribution in [0.25, 0.3) is 0 Å². The van der Waals surface area contributed by atoms with Gasteiger partial charge in [-0.1, -0.05) is 0 Å². The fourth-order valence-corrected chi connectivity index (χ4v) is 4.46. The molecule has 0 saturated carbocycles. The van der Waals surface area contributed by atoms with Crippen molar-refractivity contribution in [1.82, 2.24) is 20.0 Å². The minimum atomic E-state index is 0.0500. The fraction of sp³-hybridized carbons (Fsp3) is 1.00. The molecule has 1 saturated heterocycles. The molecule has 1 heterocycles. The third kappa shape index (κ3) is 4.14. The monoisotopic (exact) mass is 340 g/mol. The molecule has 144 valence electrons. The van der Waals surface area contributed by atoms with Gasteiger partial charge in [0.05, 0.1) is 12.3 Å². The number of hydrazine groups is 2. The first-order valence-corrected chi connectivity index (χ1v) is 9.48. The molecule has 0 spiro atoms. The molecule has 0 bridgehead atoms. The molecule has 0 amide bonds. The van der Waals surface area contributed by atoms with Crippen molar-refractivity contribution >= 4 is 0 Å². The zero-order valence-corrected chi connectivity index (χ0v) is 18.9. The Labute approximate surface area is 152 Å². The maximum Gasteiger partial charge on any atom is 0.0878 e. The minimum Gasteiger partial charge on any atom is -0.216 e. The average Bonchev–Trinajstić information content (AvgIpc) is 2.24. The Morgan fingerprint density at radius 2 is 0.500 bits per heavy atom. The summed E-state index contributed by atoms with van der Waals surface area (Å²) >= 11 is 0. The molecule has 1 aliphatic rings. The highest BCUT2D eigenvalue weighted by molar-refractivity contribution is 4.97. The molecule has 0 aliphatic carbocycles. The Balaban J connectivity index is 3.62. The van der Waals surface area contributed by atoms with Crippen LogP contribution in [-0.4, -0.2) is 54.5 Å². The number of hydrogen-bond donors (Lipinski definition) is 0. The summed E-state index contributed by atoms with van der Waals surface area (Å²) in [5, 5.41) is 10.4. The summed E-state index contributed by atoms with van der Waals surface area (Å²) in [6, 6.07) is 0. The van der Waals surface area contributed by atoms with Crippen molar-refractivity contribution in [2.75, 3.05) is 0 Å². The molecule has 0 atom stereocenters. The van der Waals surface area contributed by atoms with E-state index in [1.807, 2.05) is 0 Å². The van der Waals surface area contributed by atoms with Crippen LogP contribution in [0.2, 0.25) is 0 Å². The fourth-order valence-electron chi connectivity index (χ4n) is 4.46. The van der Waals surface area contributed by atoms with Gasteiger partial charge in [0, 0.05) is 22.2 Å². The van der Waals surface area contributed by atoms with Crippen LogP contribution in [0, 0.1) is 0 Å². The van der Waals surface area contributed by atoms with E-state index in [0.29, 0.717) is 0 Å². The second-order valence-electron chi connectivity index (χ2n) is 11.3. The molecule has 0 unspecified atom stereocenters. The lowest BCUT2D eigenvalue weighted by Crippen LogP contribution is -2.82. The van der Waals surface area contributed by atoms with Crippen molar-refractivity contribution in [3.8, 4) is 0 Å². The predicted molar refractivity (Wildman–Crippen MR) is 105 cm³/mol. The van der Waals surface area contributed by atoms with Gasteiger partial charge in [0.15, 0.2) is 0 Å². The first-order valence-electron chi connectivity index (χ1n) is 9.48. The van der Waals surface area contributed by atoms with Crippen LogP contribution in [0.5, 0.6) is 0 Å². The molecule has 4 heteroatoms. The van der Waals surface area contributed by atoms with Crippen molar-refractivity contribution in [1.29, 1.82) is 0 Å². The van der Waals surface area contributed by atoms with Gasteiger partial charge < -0.3 is 0 Å². The van der Waals surface area contributed by atoms with Crippen LogP contribution >= 0.6 is 0 Å². The largest absolute Gasteiger partial charge is 0.216 e.